The highest BCUT2D eigenvalue weighted by molar-refractivity contribution is 5.75. The van der Waals surface area contributed by atoms with Crippen LogP contribution in [-0.2, 0) is 19.0 Å². The van der Waals surface area contributed by atoms with E-state index in [2.05, 4.69) is 6.92 Å². The molecule has 1 aliphatic heterocycles. The third-order valence-electron chi connectivity index (χ3n) is 2.18. The molecule has 0 amide bonds. The highest BCUT2D eigenvalue weighted by Gasteiger charge is 2.25. The third-order valence-corrected chi connectivity index (χ3v) is 2.18. The van der Waals surface area contributed by atoms with Crippen LogP contribution in [0.5, 0.6) is 0 Å². The second kappa shape index (κ2) is 6.58. The summed E-state index contributed by atoms with van der Waals surface area (Å²) < 4.78 is 15.4. The molecule has 0 N–H and O–H groups in total. The van der Waals surface area contributed by atoms with E-state index in [1.54, 1.807) is 13.2 Å². The molecule has 0 aliphatic carbocycles. The molecule has 1 rings (SSSR count). The first-order chi connectivity index (χ1) is 7.27. The van der Waals surface area contributed by atoms with Crippen molar-refractivity contribution in [2.75, 3.05) is 13.7 Å². The van der Waals surface area contributed by atoms with Gasteiger partial charge in [-0.05, 0) is 12.5 Å². The lowest BCUT2D eigenvalue weighted by Gasteiger charge is -2.23. The molecule has 86 valence electrons. The van der Waals surface area contributed by atoms with Crippen LogP contribution in [0.4, 0.5) is 0 Å². The second-order valence-electron chi connectivity index (χ2n) is 3.41. The Labute approximate surface area is 90.2 Å². The Morgan fingerprint density at radius 1 is 1.60 bits per heavy atom. The maximum Gasteiger partial charge on any atom is 0.335 e. The average Bonchev–Trinajstić information content (AvgIpc) is 2.29. The van der Waals surface area contributed by atoms with E-state index in [4.69, 9.17) is 14.2 Å². The Morgan fingerprint density at radius 3 is 3.07 bits per heavy atom. The Hall–Kier alpha value is -0.870. The lowest BCUT2D eigenvalue weighted by Crippen LogP contribution is -2.33. The zero-order chi connectivity index (χ0) is 11.1. The summed E-state index contributed by atoms with van der Waals surface area (Å²) in [4.78, 5) is 11.5. The number of unbranched alkanes of at least 4 members (excludes halogenated alkanes) is 1. The van der Waals surface area contributed by atoms with Crippen molar-refractivity contribution in [1.82, 2.24) is 0 Å². The minimum Gasteiger partial charge on any atom is -0.464 e. The number of carbonyl (C=O) groups is 1. The molecular formula is C11H18O4. The molecule has 0 aromatic carbocycles. The summed E-state index contributed by atoms with van der Waals surface area (Å²) in [5.74, 6) is -0.296. The Balaban J connectivity index is 2.30. The topological polar surface area (TPSA) is 44.8 Å². The van der Waals surface area contributed by atoms with Gasteiger partial charge in [0.15, 0.2) is 12.4 Å². The van der Waals surface area contributed by atoms with E-state index in [9.17, 15) is 4.79 Å². The molecule has 2 atom stereocenters. The number of esters is 1. The van der Waals surface area contributed by atoms with Crippen molar-refractivity contribution in [2.45, 2.75) is 38.6 Å². The Morgan fingerprint density at radius 2 is 2.40 bits per heavy atom. The van der Waals surface area contributed by atoms with Crippen LogP contribution in [0.1, 0.15) is 26.2 Å². The van der Waals surface area contributed by atoms with Gasteiger partial charge in [0.2, 0.25) is 0 Å². The van der Waals surface area contributed by atoms with Gasteiger partial charge in [-0.3, -0.25) is 0 Å². The summed E-state index contributed by atoms with van der Waals surface area (Å²) in [6.45, 7) is 2.52. The van der Waals surface area contributed by atoms with Crippen LogP contribution >= 0.6 is 0 Å². The summed E-state index contributed by atoms with van der Waals surface area (Å²) in [5, 5.41) is 0. The molecule has 0 radical (unpaired) electrons. The van der Waals surface area contributed by atoms with E-state index in [0.29, 0.717) is 13.0 Å². The fourth-order valence-corrected chi connectivity index (χ4v) is 1.27. The minimum absolute atomic E-state index is 0.296. The standard InChI is InChI=1S/C11H18O4/c1-3-4-8-14-11(12)9-6-5-7-10(13-2)15-9/h5,7,9-10H,3-4,6,8H2,1-2H3/t9-,10-/m1/s1. The van der Waals surface area contributed by atoms with Crippen LogP contribution in [-0.4, -0.2) is 32.1 Å². The van der Waals surface area contributed by atoms with Crippen molar-refractivity contribution in [2.24, 2.45) is 0 Å². The first kappa shape index (κ1) is 12.2. The summed E-state index contributed by atoms with van der Waals surface area (Å²) >= 11 is 0. The van der Waals surface area contributed by atoms with E-state index in [0.717, 1.165) is 12.8 Å². The Kier molecular flexibility index (Phi) is 5.36. The maximum atomic E-state index is 11.5. The van der Waals surface area contributed by atoms with Crippen LogP contribution in [0.2, 0.25) is 0 Å². The van der Waals surface area contributed by atoms with Crippen LogP contribution in [0.15, 0.2) is 12.2 Å². The van der Waals surface area contributed by atoms with Crippen LogP contribution in [0, 0.1) is 0 Å². The maximum absolute atomic E-state index is 11.5. The van der Waals surface area contributed by atoms with Gasteiger partial charge in [-0.15, -0.1) is 0 Å². The van der Waals surface area contributed by atoms with Gasteiger partial charge in [0.05, 0.1) is 6.61 Å². The van der Waals surface area contributed by atoms with Crippen LogP contribution in [0.3, 0.4) is 0 Å². The highest BCUT2D eigenvalue weighted by Crippen LogP contribution is 2.14. The first-order valence-corrected chi connectivity index (χ1v) is 5.29. The fraction of sp³-hybridized carbons (Fsp3) is 0.727. The number of hydrogen-bond acceptors (Lipinski definition) is 4. The molecule has 0 saturated carbocycles. The zero-order valence-corrected chi connectivity index (χ0v) is 9.27. The van der Waals surface area contributed by atoms with Crippen molar-refractivity contribution in [3.63, 3.8) is 0 Å². The van der Waals surface area contributed by atoms with Gasteiger partial charge in [0.25, 0.3) is 0 Å². The summed E-state index contributed by atoms with van der Waals surface area (Å²) in [6, 6.07) is 0. The summed E-state index contributed by atoms with van der Waals surface area (Å²) in [6.07, 6.45) is 5.19. The second-order valence-corrected chi connectivity index (χ2v) is 3.41. The largest absolute Gasteiger partial charge is 0.464 e. The summed E-state index contributed by atoms with van der Waals surface area (Å²) in [7, 11) is 1.54. The predicted molar refractivity (Wildman–Crippen MR) is 55.3 cm³/mol. The molecule has 0 bridgehead atoms. The quantitative estimate of drug-likeness (QED) is 0.396. The molecule has 1 heterocycles. The molecule has 0 unspecified atom stereocenters. The molecule has 4 nitrogen and oxygen atoms in total. The Bertz CT molecular complexity index is 225. The van der Waals surface area contributed by atoms with Crippen LogP contribution in [0.25, 0.3) is 0 Å². The van der Waals surface area contributed by atoms with Crippen molar-refractivity contribution < 1.29 is 19.0 Å². The van der Waals surface area contributed by atoms with Crippen molar-refractivity contribution >= 4 is 5.97 Å². The van der Waals surface area contributed by atoms with Gasteiger partial charge < -0.3 is 14.2 Å². The van der Waals surface area contributed by atoms with Gasteiger partial charge in [-0.2, -0.15) is 0 Å². The SMILES string of the molecule is CCCCOC(=O)[C@H]1CC=C[C@H](OC)O1. The van der Waals surface area contributed by atoms with E-state index in [1.807, 2.05) is 6.08 Å². The van der Waals surface area contributed by atoms with Gasteiger partial charge in [0, 0.05) is 13.5 Å². The van der Waals surface area contributed by atoms with Gasteiger partial charge in [-0.25, -0.2) is 4.79 Å². The van der Waals surface area contributed by atoms with Gasteiger partial charge in [0.1, 0.15) is 0 Å². The normalized spacial score (nSPS) is 25.2. The van der Waals surface area contributed by atoms with E-state index >= 15 is 0 Å². The minimum atomic E-state index is -0.517. The third kappa shape index (κ3) is 4.01. The smallest absolute Gasteiger partial charge is 0.335 e. The van der Waals surface area contributed by atoms with E-state index < -0.39 is 12.4 Å². The molecule has 15 heavy (non-hydrogen) atoms. The van der Waals surface area contributed by atoms with Crippen molar-refractivity contribution in [3.05, 3.63) is 12.2 Å². The molecule has 0 fully saturated rings. The summed E-state index contributed by atoms with van der Waals surface area (Å²) in [5.41, 5.74) is 0. The number of methoxy groups -OCH3 is 1. The molecule has 0 spiro atoms. The number of rotatable bonds is 5. The monoisotopic (exact) mass is 214 g/mol. The number of hydrogen-bond donors (Lipinski definition) is 0. The first-order valence-electron chi connectivity index (χ1n) is 5.29. The highest BCUT2D eigenvalue weighted by atomic mass is 16.7. The van der Waals surface area contributed by atoms with E-state index in [-0.39, 0.29) is 5.97 Å². The molecule has 0 saturated heterocycles. The number of carbonyl (C=O) groups excluding carboxylic acids is 1. The van der Waals surface area contributed by atoms with Gasteiger partial charge >= 0.3 is 5.97 Å². The van der Waals surface area contributed by atoms with Gasteiger partial charge in [-0.1, -0.05) is 19.4 Å². The molecular weight excluding hydrogens is 196 g/mol. The van der Waals surface area contributed by atoms with Crippen molar-refractivity contribution in [1.29, 1.82) is 0 Å². The lowest BCUT2D eigenvalue weighted by atomic mass is 10.2. The van der Waals surface area contributed by atoms with Crippen molar-refractivity contribution in [3.8, 4) is 0 Å². The van der Waals surface area contributed by atoms with Crippen LogP contribution < -0.4 is 0 Å². The molecule has 1 aliphatic rings. The molecule has 0 aromatic rings. The molecule has 4 heteroatoms. The predicted octanol–water partition coefficient (Wildman–Crippen LogP) is 1.65. The molecule has 0 aromatic heterocycles. The number of ether oxygens (including phenoxy) is 3. The average molecular weight is 214 g/mol. The zero-order valence-electron chi connectivity index (χ0n) is 9.27. The fourth-order valence-electron chi connectivity index (χ4n) is 1.27. The lowest BCUT2D eigenvalue weighted by molar-refractivity contribution is -0.178. The van der Waals surface area contributed by atoms with E-state index in [1.165, 1.54) is 0 Å².